The summed E-state index contributed by atoms with van der Waals surface area (Å²) < 4.78 is 0. The molecule has 0 N–H and O–H groups in total. The molecule has 0 nitrogen and oxygen atoms in total. The van der Waals surface area contributed by atoms with Crippen molar-refractivity contribution >= 4 is 43.1 Å². The first-order valence-electron chi connectivity index (χ1n) is 22.8. The van der Waals surface area contributed by atoms with Gasteiger partial charge in [0, 0.05) is 0 Å². The second-order valence-corrected chi connectivity index (χ2v) is 18.2. The summed E-state index contributed by atoms with van der Waals surface area (Å²) in [6.45, 7) is 0. The van der Waals surface area contributed by atoms with Crippen LogP contribution < -0.4 is 0 Å². The molecule has 0 fully saturated rings. The van der Waals surface area contributed by atoms with Crippen LogP contribution in [-0.2, 0) is 5.41 Å². The summed E-state index contributed by atoms with van der Waals surface area (Å²) in [6, 6.07) is 87.0. The van der Waals surface area contributed by atoms with Crippen LogP contribution in [0.5, 0.6) is 0 Å². The first-order chi connectivity index (χ1) is 32.3. The topological polar surface area (TPSA) is 0 Å². The molecule has 0 atom stereocenters. The van der Waals surface area contributed by atoms with Crippen molar-refractivity contribution in [2.45, 2.75) is 5.41 Å². The van der Waals surface area contributed by atoms with Crippen molar-refractivity contribution in [2.24, 2.45) is 0 Å². The van der Waals surface area contributed by atoms with Gasteiger partial charge in [-0.1, -0.05) is 212 Å². The van der Waals surface area contributed by atoms with Gasteiger partial charge < -0.3 is 0 Å². The van der Waals surface area contributed by atoms with Gasteiger partial charge in [0.25, 0.3) is 0 Å². The van der Waals surface area contributed by atoms with Crippen molar-refractivity contribution in [3.05, 3.63) is 253 Å². The summed E-state index contributed by atoms with van der Waals surface area (Å²) in [4.78, 5) is 0. The van der Waals surface area contributed by atoms with E-state index in [1.54, 1.807) is 0 Å². The van der Waals surface area contributed by atoms with Gasteiger partial charge in [0.15, 0.2) is 0 Å². The maximum Gasteiger partial charge on any atom is 0.0731 e. The fourth-order valence-corrected chi connectivity index (χ4v) is 12.7. The monoisotopic (exact) mass is 818 g/mol. The number of benzene rings is 12. The first-order valence-corrected chi connectivity index (χ1v) is 22.8. The zero-order valence-corrected chi connectivity index (χ0v) is 35.4. The van der Waals surface area contributed by atoms with Crippen LogP contribution in [0.2, 0.25) is 0 Å². The van der Waals surface area contributed by atoms with Crippen LogP contribution in [0.1, 0.15) is 22.3 Å². The van der Waals surface area contributed by atoms with Crippen LogP contribution in [0.4, 0.5) is 0 Å². The fourth-order valence-electron chi connectivity index (χ4n) is 12.7. The second kappa shape index (κ2) is 12.9. The molecule has 0 saturated heterocycles. The van der Waals surface area contributed by atoms with E-state index < -0.39 is 5.41 Å². The Morgan fingerprint density at radius 1 is 0.231 bits per heavy atom. The molecular formula is C65H38. The second-order valence-electron chi connectivity index (χ2n) is 18.2. The van der Waals surface area contributed by atoms with Crippen LogP contribution in [0.15, 0.2) is 231 Å². The molecule has 0 saturated carbocycles. The number of fused-ring (bicyclic) bond motifs is 17. The molecule has 15 rings (SSSR count). The molecule has 3 aliphatic carbocycles. The maximum absolute atomic E-state index is 2.49. The Balaban J connectivity index is 0.987. The van der Waals surface area contributed by atoms with Gasteiger partial charge in [0.2, 0.25) is 0 Å². The van der Waals surface area contributed by atoms with Gasteiger partial charge in [-0.05, 0) is 161 Å². The Morgan fingerprint density at radius 3 is 1.43 bits per heavy atom. The third-order valence-corrected chi connectivity index (χ3v) is 15.2. The highest BCUT2D eigenvalue weighted by Gasteiger charge is 2.52. The van der Waals surface area contributed by atoms with Gasteiger partial charge in [-0.25, -0.2) is 0 Å². The van der Waals surface area contributed by atoms with Gasteiger partial charge in [-0.2, -0.15) is 0 Å². The summed E-state index contributed by atoms with van der Waals surface area (Å²) in [6.07, 6.45) is 0. The summed E-state index contributed by atoms with van der Waals surface area (Å²) in [5, 5.41) is 10.3. The van der Waals surface area contributed by atoms with E-state index in [2.05, 4.69) is 231 Å². The average Bonchev–Trinajstić information content (AvgIpc) is 3.97. The Hall–Kier alpha value is -8.32. The van der Waals surface area contributed by atoms with Crippen LogP contribution >= 0.6 is 0 Å². The van der Waals surface area contributed by atoms with Crippen molar-refractivity contribution in [1.29, 1.82) is 0 Å². The van der Waals surface area contributed by atoms with E-state index >= 15 is 0 Å². The van der Waals surface area contributed by atoms with Crippen LogP contribution in [0.3, 0.4) is 0 Å². The molecule has 0 aliphatic heterocycles. The molecule has 1 spiro atoms. The zero-order valence-electron chi connectivity index (χ0n) is 35.4. The lowest BCUT2D eigenvalue weighted by Crippen LogP contribution is -2.26. The van der Waals surface area contributed by atoms with E-state index in [0.29, 0.717) is 0 Å². The number of rotatable bonds is 3. The molecule has 298 valence electrons. The molecule has 12 aromatic rings. The maximum atomic E-state index is 2.49. The summed E-state index contributed by atoms with van der Waals surface area (Å²) in [5.74, 6) is 0. The van der Waals surface area contributed by atoms with Crippen LogP contribution in [0, 0.1) is 0 Å². The Bertz CT molecular complexity index is 3900. The Morgan fingerprint density at radius 2 is 0.754 bits per heavy atom. The molecule has 0 unspecified atom stereocenters. The van der Waals surface area contributed by atoms with Gasteiger partial charge in [0.1, 0.15) is 0 Å². The van der Waals surface area contributed by atoms with Crippen molar-refractivity contribution in [3.63, 3.8) is 0 Å². The van der Waals surface area contributed by atoms with E-state index in [-0.39, 0.29) is 0 Å². The summed E-state index contributed by atoms with van der Waals surface area (Å²) in [7, 11) is 0. The van der Waals surface area contributed by atoms with Crippen LogP contribution in [-0.4, -0.2) is 0 Å². The molecule has 0 aromatic heterocycles. The van der Waals surface area contributed by atoms with Gasteiger partial charge in [-0.15, -0.1) is 0 Å². The zero-order chi connectivity index (χ0) is 42.4. The minimum Gasteiger partial charge on any atom is -0.0622 e. The van der Waals surface area contributed by atoms with Crippen molar-refractivity contribution in [2.75, 3.05) is 0 Å². The van der Waals surface area contributed by atoms with E-state index in [1.807, 2.05) is 0 Å². The third kappa shape index (κ3) is 4.51. The van der Waals surface area contributed by atoms with Crippen molar-refractivity contribution < 1.29 is 0 Å². The highest BCUT2D eigenvalue weighted by atomic mass is 14.5. The SMILES string of the molecule is c1ccc(-c2c3c(c(-c4ccccc4)c4ccccc24)-c2ccc(-c4ccc5c6c(ccc5c4)-c4cc5ccccc5cc4C64c5ccccc5-c5ccccc54)c4cccc-3c24)cc1. The molecular weight excluding hydrogens is 781 g/mol. The smallest absolute Gasteiger partial charge is 0.0622 e. The predicted octanol–water partition coefficient (Wildman–Crippen LogP) is 17.3. The molecule has 0 bridgehead atoms. The number of hydrogen-bond donors (Lipinski definition) is 0. The third-order valence-electron chi connectivity index (χ3n) is 15.2. The largest absolute Gasteiger partial charge is 0.0731 e. The molecule has 0 heterocycles. The minimum atomic E-state index is -0.437. The quantitative estimate of drug-likeness (QED) is 0.167. The van der Waals surface area contributed by atoms with Gasteiger partial charge >= 0.3 is 0 Å². The lowest BCUT2D eigenvalue weighted by molar-refractivity contribution is 0.802. The lowest BCUT2D eigenvalue weighted by atomic mass is 9.69. The fraction of sp³-hybridized carbons (Fsp3) is 0.0154. The molecule has 3 aliphatic rings. The van der Waals surface area contributed by atoms with E-state index in [0.717, 1.165) is 0 Å². The Kier molecular flexibility index (Phi) is 6.97. The van der Waals surface area contributed by atoms with E-state index in [1.165, 1.54) is 143 Å². The minimum absolute atomic E-state index is 0.437. The Labute approximate surface area is 377 Å². The van der Waals surface area contributed by atoms with Crippen LogP contribution in [0.25, 0.3) is 121 Å². The molecule has 12 aromatic carbocycles. The summed E-state index contributed by atoms with van der Waals surface area (Å²) >= 11 is 0. The normalized spacial score (nSPS) is 13.4. The molecule has 0 radical (unpaired) electrons. The predicted molar refractivity (Wildman–Crippen MR) is 274 cm³/mol. The van der Waals surface area contributed by atoms with Crippen molar-refractivity contribution in [1.82, 2.24) is 0 Å². The highest BCUT2D eigenvalue weighted by molar-refractivity contribution is 6.29. The van der Waals surface area contributed by atoms with E-state index in [4.69, 9.17) is 0 Å². The van der Waals surface area contributed by atoms with Crippen molar-refractivity contribution in [3.8, 4) is 77.9 Å². The number of hydrogen-bond acceptors (Lipinski definition) is 0. The molecule has 0 heteroatoms. The highest BCUT2D eigenvalue weighted by Crippen LogP contribution is 2.65. The lowest BCUT2D eigenvalue weighted by Gasteiger charge is -2.31. The average molecular weight is 819 g/mol. The molecule has 0 amide bonds. The molecule has 65 heavy (non-hydrogen) atoms. The summed E-state index contributed by atoms with van der Waals surface area (Å²) in [5.41, 5.74) is 23.3. The standard InChI is InChI=1S/C65H38/c1-3-16-39(17-4-1)59-50-24-9-10-25-51(50)60(40-18-5-2-6-19-40)63-54-35-34-45(49-26-15-27-53(61(49)54)62(59)63)43-30-32-46-44(36-43)31-33-52-55-37-41-20-7-8-21-42(41)38-58(55)65(64(46)52)56-28-13-11-22-47(56)48-23-12-14-29-57(48)65/h1-38H. The first kappa shape index (κ1) is 35.2. The van der Waals surface area contributed by atoms with E-state index in [9.17, 15) is 0 Å². The van der Waals surface area contributed by atoms with Gasteiger partial charge in [0.05, 0.1) is 5.41 Å². The van der Waals surface area contributed by atoms with Gasteiger partial charge in [-0.3, -0.25) is 0 Å².